The maximum Gasteiger partial charge on any atom is 0.328 e. The second-order valence-electron chi connectivity index (χ2n) is 8.58. The van der Waals surface area contributed by atoms with Gasteiger partial charge in [-0.1, -0.05) is 84.9 Å². The number of carbonyl (C=O) groups is 1. The topological polar surface area (TPSA) is 93.2 Å². The van der Waals surface area contributed by atoms with Gasteiger partial charge < -0.3 is 10.1 Å². The number of nitrogens with one attached hydrogen (secondary N) is 2. The predicted octanol–water partition coefficient (Wildman–Crippen LogP) is 3.77. The Morgan fingerprint density at radius 2 is 1.46 bits per heavy atom. The van der Waals surface area contributed by atoms with Crippen LogP contribution in [0.2, 0.25) is 0 Å². The van der Waals surface area contributed by atoms with Crippen molar-refractivity contribution in [2.24, 2.45) is 0 Å². The van der Waals surface area contributed by atoms with E-state index in [1.807, 2.05) is 84.9 Å². The largest absolute Gasteiger partial charge is 0.357 e. The molecule has 1 aromatic heterocycles. The standard InChI is InChI=1S/C30H29N3O4/c1-22-21-33(29(36)32-27(22)34)19-9-10-20-37-30(24-11-5-3-6-12-24,25-13-7-4-8-14-25)26-17-15-23(16-18-26)28(35)31-2/h3-18,21H,19-20H2,1-2H3,(H,31,35)(H,32,34,36)/b10-9-. The normalized spacial score (nSPS) is 11.5. The van der Waals surface area contributed by atoms with Crippen molar-refractivity contribution in [2.45, 2.75) is 19.1 Å². The molecule has 0 radical (unpaired) electrons. The molecule has 0 bridgehead atoms. The maximum atomic E-state index is 12.1. The molecule has 0 fully saturated rings. The average molecular weight is 496 g/mol. The minimum absolute atomic E-state index is 0.159. The van der Waals surface area contributed by atoms with E-state index in [4.69, 9.17) is 4.74 Å². The fourth-order valence-corrected chi connectivity index (χ4v) is 4.28. The first-order valence-corrected chi connectivity index (χ1v) is 12.0. The van der Waals surface area contributed by atoms with E-state index in [9.17, 15) is 14.4 Å². The zero-order valence-electron chi connectivity index (χ0n) is 20.8. The fourth-order valence-electron chi connectivity index (χ4n) is 4.28. The van der Waals surface area contributed by atoms with Crippen molar-refractivity contribution in [2.75, 3.05) is 13.7 Å². The molecule has 4 rings (SSSR count). The number of nitrogens with zero attached hydrogens (tertiary/aromatic N) is 1. The van der Waals surface area contributed by atoms with Crippen LogP contribution in [0.3, 0.4) is 0 Å². The molecular formula is C30H29N3O4. The van der Waals surface area contributed by atoms with Crippen LogP contribution >= 0.6 is 0 Å². The van der Waals surface area contributed by atoms with Gasteiger partial charge in [-0.2, -0.15) is 0 Å². The second-order valence-corrected chi connectivity index (χ2v) is 8.58. The molecule has 0 saturated heterocycles. The summed E-state index contributed by atoms with van der Waals surface area (Å²) in [7, 11) is 1.60. The number of allylic oxidation sites excluding steroid dienone is 1. The Balaban J connectivity index is 1.70. The van der Waals surface area contributed by atoms with Crippen LogP contribution in [0.1, 0.15) is 32.6 Å². The maximum absolute atomic E-state index is 12.1. The van der Waals surface area contributed by atoms with Gasteiger partial charge in [0.2, 0.25) is 0 Å². The minimum atomic E-state index is -0.945. The summed E-state index contributed by atoms with van der Waals surface area (Å²) in [6.45, 7) is 2.20. The minimum Gasteiger partial charge on any atom is -0.357 e. The predicted molar refractivity (Wildman–Crippen MR) is 144 cm³/mol. The smallest absolute Gasteiger partial charge is 0.328 e. The molecule has 188 valence electrons. The molecule has 0 aliphatic rings. The van der Waals surface area contributed by atoms with Crippen LogP contribution in [0.25, 0.3) is 0 Å². The lowest BCUT2D eigenvalue weighted by molar-refractivity contribution is 0.0318. The number of carbonyl (C=O) groups excluding carboxylic acids is 1. The SMILES string of the molecule is CNC(=O)c1ccc(C(OC/C=C\Cn2cc(C)c(=O)[nH]c2=O)(c2ccccc2)c2ccccc2)cc1. The number of ether oxygens (including phenoxy) is 1. The monoisotopic (exact) mass is 495 g/mol. The van der Waals surface area contributed by atoms with Gasteiger partial charge in [0.15, 0.2) is 0 Å². The Labute approximate surface area is 215 Å². The van der Waals surface area contributed by atoms with Crippen molar-refractivity contribution in [3.05, 3.63) is 152 Å². The number of hydrogen-bond acceptors (Lipinski definition) is 4. The van der Waals surface area contributed by atoms with Gasteiger partial charge in [0.1, 0.15) is 5.60 Å². The number of rotatable bonds is 9. The van der Waals surface area contributed by atoms with Gasteiger partial charge in [-0.15, -0.1) is 0 Å². The van der Waals surface area contributed by atoms with Gasteiger partial charge in [0, 0.05) is 30.9 Å². The lowest BCUT2D eigenvalue weighted by Gasteiger charge is -2.35. The highest BCUT2D eigenvalue weighted by molar-refractivity contribution is 5.94. The average Bonchev–Trinajstić information content (AvgIpc) is 2.94. The lowest BCUT2D eigenvalue weighted by Crippen LogP contribution is -2.33. The molecule has 3 aromatic carbocycles. The molecule has 37 heavy (non-hydrogen) atoms. The highest BCUT2D eigenvalue weighted by Gasteiger charge is 2.37. The fraction of sp³-hybridized carbons (Fsp3) is 0.167. The van der Waals surface area contributed by atoms with Crippen LogP contribution in [-0.2, 0) is 16.9 Å². The van der Waals surface area contributed by atoms with Crippen LogP contribution < -0.4 is 16.6 Å². The molecule has 0 unspecified atom stereocenters. The summed E-state index contributed by atoms with van der Waals surface area (Å²) < 4.78 is 8.13. The van der Waals surface area contributed by atoms with Crippen molar-refractivity contribution in [3.8, 4) is 0 Å². The first-order valence-electron chi connectivity index (χ1n) is 12.0. The number of hydrogen-bond donors (Lipinski definition) is 2. The van der Waals surface area contributed by atoms with Gasteiger partial charge in [0.05, 0.1) is 6.61 Å². The Hall–Kier alpha value is -4.49. The molecule has 4 aromatic rings. The van der Waals surface area contributed by atoms with E-state index in [1.54, 1.807) is 32.3 Å². The van der Waals surface area contributed by atoms with E-state index in [0.717, 1.165) is 16.7 Å². The number of aromatic nitrogens is 2. The Morgan fingerprint density at radius 3 is 2.03 bits per heavy atom. The van der Waals surface area contributed by atoms with E-state index in [2.05, 4.69) is 10.3 Å². The zero-order chi connectivity index (χ0) is 26.3. The van der Waals surface area contributed by atoms with Crippen LogP contribution in [-0.4, -0.2) is 29.1 Å². The number of aromatic amines is 1. The highest BCUT2D eigenvalue weighted by Crippen LogP contribution is 2.40. The van der Waals surface area contributed by atoms with E-state index in [-0.39, 0.29) is 18.1 Å². The van der Waals surface area contributed by atoms with Crippen molar-refractivity contribution < 1.29 is 9.53 Å². The first kappa shape index (κ1) is 25.6. The van der Waals surface area contributed by atoms with Crippen LogP contribution in [0.4, 0.5) is 0 Å². The zero-order valence-corrected chi connectivity index (χ0v) is 20.8. The van der Waals surface area contributed by atoms with Gasteiger partial charge in [0.25, 0.3) is 11.5 Å². The van der Waals surface area contributed by atoms with Crippen molar-refractivity contribution >= 4 is 5.91 Å². The second kappa shape index (κ2) is 11.5. The number of amides is 1. The summed E-state index contributed by atoms with van der Waals surface area (Å²) in [6.07, 6.45) is 5.22. The quantitative estimate of drug-likeness (QED) is 0.273. The molecule has 2 N–H and O–H groups in total. The lowest BCUT2D eigenvalue weighted by atomic mass is 9.79. The molecule has 7 heteroatoms. The van der Waals surface area contributed by atoms with Gasteiger partial charge in [-0.3, -0.25) is 19.1 Å². The van der Waals surface area contributed by atoms with Gasteiger partial charge in [-0.25, -0.2) is 4.79 Å². The molecular weight excluding hydrogens is 466 g/mol. The molecule has 0 aliphatic heterocycles. The molecule has 0 aliphatic carbocycles. The number of H-pyrrole nitrogens is 1. The highest BCUT2D eigenvalue weighted by atomic mass is 16.5. The summed E-state index contributed by atoms with van der Waals surface area (Å²) in [5.41, 5.74) is 1.99. The van der Waals surface area contributed by atoms with Gasteiger partial charge >= 0.3 is 5.69 Å². The molecule has 0 saturated carbocycles. The Kier molecular flexibility index (Phi) is 7.95. The molecule has 1 heterocycles. The third kappa shape index (κ3) is 5.52. The Morgan fingerprint density at radius 1 is 0.892 bits per heavy atom. The van der Waals surface area contributed by atoms with E-state index < -0.39 is 11.3 Å². The van der Waals surface area contributed by atoms with Crippen molar-refractivity contribution in [3.63, 3.8) is 0 Å². The Bertz CT molecular complexity index is 1450. The van der Waals surface area contributed by atoms with Gasteiger partial charge in [-0.05, 0) is 35.7 Å². The van der Waals surface area contributed by atoms with Crippen LogP contribution in [0, 0.1) is 6.92 Å². The molecule has 0 atom stereocenters. The summed E-state index contributed by atoms with van der Waals surface area (Å²) in [5, 5.41) is 2.65. The molecule has 0 spiro atoms. The van der Waals surface area contributed by atoms with Crippen LogP contribution in [0.5, 0.6) is 0 Å². The first-order chi connectivity index (χ1) is 18.0. The van der Waals surface area contributed by atoms with Crippen LogP contribution in [0.15, 0.2) is 113 Å². The third-order valence-corrected chi connectivity index (χ3v) is 6.20. The van der Waals surface area contributed by atoms with Crippen molar-refractivity contribution in [1.82, 2.24) is 14.9 Å². The molecule has 7 nitrogen and oxygen atoms in total. The van der Waals surface area contributed by atoms with E-state index in [0.29, 0.717) is 17.7 Å². The van der Waals surface area contributed by atoms with Crippen molar-refractivity contribution in [1.29, 1.82) is 0 Å². The number of benzene rings is 3. The third-order valence-electron chi connectivity index (χ3n) is 6.20. The summed E-state index contributed by atoms with van der Waals surface area (Å²) in [4.78, 5) is 38.2. The van der Waals surface area contributed by atoms with E-state index >= 15 is 0 Å². The summed E-state index contributed by atoms with van der Waals surface area (Å²) in [6, 6.07) is 27.3. The summed E-state index contributed by atoms with van der Waals surface area (Å²) >= 11 is 0. The molecule has 1 amide bonds. The number of aryl methyl sites for hydroxylation is 1. The van der Waals surface area contributed by atoms with E-state index in [1.165, 1.54) is 4.57 Å². The summed E-state index contributed by atoms with van der Waals surface area (Å²) in [5.74, 6) is -0.159.